The number of amides is 3. The monoisotopic (exact) mass is 894 g/mol. The van der Waals surface area contributed by atoms with E-state index in [1.165, 1.54) is 12.0 Å². The van der Waals surface area contributed by atoms with E-state index in [4.69, 9.17) is 47.4 Å². The summed E-state index contributed by atoms with van der Waals surface area (Å²) in [5, 5.41) is 16.1. The maximum atomic E-state index is 14.4. The molecule has 0 saturated heterocycles. The highest BCUT2D eigenvalue weighted by Crippen LogP contribution is 2.41. The third kappa shape index (κ3) is 10.1. The summed E-state index contributed by atoms with van der Waals surface area (Å²) in [5.41, 5.74) is 7.53. The van der Waals surface area contributed by atoms with Gasteiger partial charge in [0.2, 0.25) is 5.91 Å². The predicted molar refractivity (Wildman–Crippen MR) is 243 cm³/mol. The van der Waals surface area contributed by atoms with Gasteiger partial charge in [-0.3, -0.25) is 4.79 Å². The molecule has 0 radical (unpaired) electrons. The number of halogens is 2. The zero-order valence-corrected chi connectivity index (χ0v) is 36.6. The number of rotatable bonds is 12. The minimum Gasteiger partial charge on any atom is -0.489 e. The van der Waals surface area contributed by atoms with Crippen molar-refractivity contribution in [2.45, 2.75) is 57.1 Å². The van der Waals surface area contributed by atoms with E-state index in [-0.39, 0.29) is 32.0 Å². The maximum absolute atomic E-state index is 14.4. The Kier molecular flexibility index (Phi) is 13.4. The van der Waals surface area contributed by atoms with Gasteiger partial charge in [0.05, 0.1) is 34.8 Å². The van der Waals surface area contributed by atoms with E-state index in [9.17, 15) is 14.4 Å². The molecule has 13 heteroatoms. The lowest BCUT2D eigenvalue weighted by molar-refractivity contribution is -0.145. The fourth-order valence-electron chi connectivity index (χ4n) is 7.84. The first-order chi connectivity index (χ1) is 31.0. The molecule has 2 N–H and O–H groups in total. The molecule has 6 aromatic carbocycles. The number of nitriles is 1. The lowest BCUT2D eigenvalue weighted by atomic mass is 9.92. The molecular formula is C51H44Cl2N4O7. The molecule has 8 rings (SSSR count). The van der Waals surface area contributed by atoms with Crippen molar-refractivity contribution in [2.75, 3.05) is 13.7 Å². The minimum absolute atomic E-state index is 0.0899. The Labute approximate surface area is 381 Å². The number of carbonyl (C=O) groups excluding carboxylic acids is 3. The van der Waals surface area contributed by atoms with Crippen molar-refractivity contribution in [3.63, 3.8) is 0 Å². The molecule has 324 valence electrons. The Morgan fingerprint density at radius 3 is 2.19 bits per heavy atom. The zero-order valence-electron chi connectivity index (χ0n) is 35.1. The van der Waals surface area contributed by atoms with Gasteiger partial charge < -0.3 is 34.5 Å². The van der Waals surface area contributed by atoms with E-state index in [2.05, 4.69) is 16.7 Å². The van der Waals surface area contributed by atoms with Crippen LogP contribution in [-0.4, -0.2) is 48.6 Å². The number of methoxy groups -OCH3 is 1. The van der Waals surface area contributed by atoms with Crippen LogP contribution >= 0.6 is 23.2 Å². The number of hydrogen-bond donors (Lipinski definition) is 2. The summed E-state index contributed by atoms with van der Waals surface area (Å²) < 4.78 is 23.9. The first-order valence-corrected chi connectivity index (χ1v) is 21.5. The summed E-state index contributed by atoms with van der Waals surface area (Å²) >= 11 is 12.2. The van der Waals surface area contributed by atoms with Crippen LogP contribution in [-0.2, 0) is 40.3 Å². The number of fused-ring (bicyclic) bond motifs is 2. The van der Waals surface area contributed by atoms with Gasteiger partial charge in [-0.25, -0.2) is 9.59 Å². The molecule has 0 aromatic heterocycles. The largest absolute Gasteiger partial charge is 0.489 e. The summed E-state index contributed by atoms with van der Waals surface area (Å²) in [6.07, 6.45) is -0.100. The summed E-state index contributed by atoms with van der Waals surface area (Å²) in [4.78, 5) is 43.3. The van der Waals surface area contributed by atoms with Crippen LogP contribution in [0.15, 0.2) is 133 Å². The number of urea groups is 1. The fourth-order valence-corrected chi connectivity index (χ4v) is 8.16. The molecule has 1 unspecified atom stereocenters. The molecule has 0 aliphatic carbocycles. The van der Waals surface area contributed by atoms with E-state index in [1.807, 2.05) is 116 Å². The average Bonchev–Trinajstić information content (AvgIpc) is 3.33. The van der Waals surface area contributed by atoms with E-state index < -0.39 is 36.1 Å². The SMILES string of the molecule is COC(=O)[C@H](Cc1ccc(-c2ccc(C#N)cc2)cc1)NC(=O)C1Cc2cc3c(cc2CN1C(=O)N[C@@H](C)c1ccccc1)O[C@@H](c1ccc(OCc2ccc(Cl)c(Cl)c2)cc1)CO3. The third-order valence-corrected chi connectivity index (χ3v) is 12.2. The molecule has 11 nitrogen and oxygen atoms in total. The van der Waals surface area contributed by atoms with Crippen LogP contribution in [0.5, 0.6) is 17.2 Å². The van der Waals surface area contributed by atoms with Gasteiger partial charge >= 0.3 is 12.0 Å². The van der Waals surface area contributed by atoms with Crippen LogP contribution in [0.2, 0.25) is 10.0 Å². The predicted octanol–water partition coefficient (Wildman–Crippen LogP) is 9.72. The lowest BCUT2D eigenvalue weighted by Crippen LogP contribution is -2.58. The Balaban J connectivity index is 0.990. The molecule has 0 fully saturated rings. The van der Waals surface area contributed by atoms with Crippen molar-refractivity contribution in [1.29, 1.82) is 5.26 Å². The van der Waals surface area contributed by atoms with E-state index >= 15 is 0 Å². The van der Waals surface area contributed by atoms with E-state index in [0.29, 0.717) is 39.5 Å². The van der Waals surface area contributed by atoms with Crippen molar-refractivity contribution in [2.24, 2.45) is 0 Å². The minimum atomic E-state index is -1.03. The molecule has 2 aliphatic heterocycles. The van der Waals surface area contributed by atoms with Crippen molar-refractivity contribution in [3.05, 3.63) is 182 Å². The van der Waals surface area contributed by atoms with Gasteiger partial charge in [0.1, 0.15) is 31.0 Å². The van der Waals surface area contributed by atoms with Crippen molar-refractivity contribution >= 4 is 41.1 Å². The molecule has 2 heterocycles. The normalized spacial score (nSPS) is 16.0. The van der Waals surface area contributed by atoms with Gasteiger partial charge in [-0.2, -0.15) is 5.26 Å². The van der Waals surface area contributed by atoms with Gasteiger partial charge in [0, 0.05) is 19.4 Å². The summed E-state index contributed by atoms with van der Waals surface area (Å²) in [6, 6.07) is 40.5. The standard InChI is InChI=1S/C51H44Cl2N4O7/c1-31(35-6-4-3-5-7-35)55-51(60)57-28-40-26-47-46(63-30-48(64-47)38-17-19-41(20-18-38)62-29-34-12-21-42(52)43(53)22-34)25-39(40)24-45(57)49(58)56-44(50(59)61-2)23-32-8-13-36(14-9-32)37-15-10-33(27-54)11-16-37/h3-22,25-26,31,44-45,48H,23-24,28-30H2,1-2H3,(H,55,60)(H,56,58)/t31-,44-,45?,48+/m0/s1. The van der Waals surface area contributed by atoms with Gasteiger partial charge in [0.15, 0.2) is 17.6 Å². The van der Waals surface area contributed by atoms with Gasteiger partial charge in [-0.05, 0) is 100.0 Å². The van der Waals surface area contributed by atoms with Crippen LogP contribution < -0.4 is 24.8 Å². The summed E-state index contributed by atoms with van der Waals surface area (Å²) in [5.74, 6) is 0.605. The van der Waals surface area contributed by atoms with Gasteiger partial charge in [-0.1, -0.05) is 108 Å². The summed E-state index contributed by atoms with van der Waals surface area (Å²) in [6.45, 7) is 2.55. The highest BCUT2D eigenvalue weighted by atomic mass is 35.5. The Morgan fingerprint density at radius 2 is 1.50 bits per heavy atom. The number of carbonyl (C=O) groups is 3. The molecule has 2 aliphatic rings. The molecule has 6 aromatic rings. The van der Waals surface area contributed by atoms with Crippen molar-refractivity contribution in [1.82, 2.24) is 15.5 Å². The van der Waals surface area contributed by atoms with Crippen molar-refractivity contribution < 1.29 is 33.3 Å². The number of nitrogens with zero attached hydrogens (tertiary/aromatic N) is 2. The molecule has 3 amide bonds. The topological polar surface area (TPSA) is 139 Å². The second-order valence-corrected chi connectivity index (χ2v) is 16.5. The highest BCUT2D eigenvalue weighted by Gasteiger charge is 2.38. The van der Waals surface area contributed by atoms with E-state index in [0.717, 1.165) is 44.5 Å². The van der Waals surface area contributed by atoms with Crippen LogP contribution in [0, 0.1) is 11.3 Å². The Hall–Kier alpha value is -7.00. The molecule has 4 atom stereocenters. The second kappa shape index (κ2) is 19.6. The first-order valence-electron chi connectivity index (χ1n) is 20.8. The Morgan fingerprint density at radius 1 is 0.812 bits per heavy atom. The van der Waals surface area contributed by atoms with Gasteiger partial charge in [0.25, 0.3) is 0 Å². The third-order valence-electron chi connectivity index (χ3n) is 11.4. The fraction of sp³-hybridized carbons (Fsp3) is 0.216. The smallest absolute Gasteiger partial charge is 0.328 e. The number of ether oxygens (including phenoxy) is 4. The van der Waals surface area contributed by atoms with Crippen LogP contribution in [0.4, 0.5) is 4.79 Å². The molecule has 64 heavy (non-hydrogen) atoms. The highest BCUT2D eigenvalue weighted by molar-refractivity contribution is 6.42. The number of hydrogen-bond acceptors (Lipinski definition) is 8. The first kappa shape index (κ1) is 43.6. The second-order valence-electron chi connectivity index (χ2n) is 15.7. The van der Waals surface area contributed by atoms with Gasteiger partial charge in [-0.15, -0.1) is 0 Å². The molecule has 0 bridgehead atoms. The Bertz CT molecular complexity index is 2690. The molecule has 0 spiro atoms. The number of esters is 1. The summed E-state index contributed by atoms with van der Waals surface area (Å²) in [7, 11) is 1.28. The van der Waals surface area contributed by atoms with Crippen molar-refractivity contribution in [3.8, 4) is 34.4 Å². The maximum Gasteiger partial charge on any atom is 0.328 e. The average molecular weight is 896 g/mol. The zero-order chi connectivity index (χ0) is 44.7. The number of nitrogens with one attached hydrogen (secondary N) is 2. The van der Waals surface area contributed by atoms with Crippen LogP contribution in [0.25, 0.3) is 11.1 Å². The lowest BCUT2D eigenvalue weighted by Gasteiger charge is -2.38. The quantitative estimate of drug-likeness (QED) is 0.116. The van der Waals surface area contributed by atoms with E-state index in [1.54, 1.807) is 24.3 Å². The number of benzene rings is 6. The molecule has 0 saturated carbocycles. The van der Waals surface area contributed by atoms with Crippen LogP contribution in [0.1, 0.15) is 58.0 Å². The molecular weight excluding hydrogens is 851 g/mol. The van der Waals surface area contributed by atoms with Crippen LogP contribution in [0.3, 0.4) is 0 Å².